The molecule has 0 aliphatic carbocycles. The van der Waals surface area contributed by atoms with E-state index in [0.29, 0.717) is 0 Å². The number of rotatable bonds is 5. The Hall–Kier alpha value is -3.13. The summed E-state index contributed by atoms with van der Waals surface area (Å²) >= 11 is 5.19. The number of hydrogen-bond donors (Lipinski definition) is 1. The molecule has 0 heterocycles. The quantitative estimate of drug-likeness (QED) is 0.292. The SMILES string of the molecule is COc1ccc(C#Cc2ccc(Sc3ccc(Nc4ccc(Br)cc4)cc3)cc2)cc1. The van der Waals surface area contributed by atoms with Gasteiger partial charge in [-0.05, 0) is 97.1 Å². The van der Waals surface area contributed by atoms with Crippen LogP contribution in [-0.4, -0.2) is 7.11 Å². The molecule has 4 aromatic carbocycles. The minimum Gasteiger partial charge on any atom is -0.497 e. The highest BCUT2D eigenvalue weighted by molar-refractivity contribution is 9.10. The predicted molar refractivity (Wildman–Crippen MR) is 133 cm³/mol. The van der Waals surface area contributed by atoms with Gasteiger partial charge < -0.3 is 10.1 Å². The lowest BCUT2D eigenvalue weighted by molar-refractivity contribution is 0.415. The van der Waals surface area contributed by atoms with E-state index >= 15 is 0 Å². The Morgan fingerprint density at radius 2 is 1.10 bits per heavy atom. The van der Waals surface area contributed by atoms with E-state index in [1.807, 2.05) is 48.5 Å². The second kappa shape index (κ2) is 10.3. The molecule has 0 saturated carbocycles. The van der Waals surface area contributed by atoms with Gasteiger partial charge in [-0.2, -0.15) is 0 Å². The third-order valence-electron chi connectivity index (χ3n) is 4.52. The average Bonchev–Trinajstić information content (AvgIpc) is 2.82. The maximum atomic E-state index is 5.18. The van der Waals surface area contributed by atoms with Crippen molar-refractivity contribution in [2.24, 2.45) is 0 Å². The Morgan fingerprint density at radius 3 is 1.61 bits per heavy atom. The molecule has 0 saturated heterocycles. The molecule has 0 unspecified atom stereocenters. The van der Waals surface area contributed by atoms with Crippen molar-refractivity contribution < 1.29 is 4.74 Å². The van der Waals surface area contributed by atoms with Gasteiger partial charge in [0.1, 0.15) is 5.75 Å². The first-order valence-corrected chi connectivity index (χ1v) is 11.4. The van der Waals surface area contributed by atoms with Gasteiger partial charge in [-0.15, -0.1) is 0 Å². The van der Waals surface area contributed by atoms with Crippen molar-refractivity contribution in [2.45, 2.75) is 9.79 Å². The molecule has 4 rings (SSSR count). The molecule has 4 heteroatoms. The summed E-state index contributed by atoms with van der Waals surface area (Å²) in [6.45, 7) is 0. The molecule has 31 heavy (non-hydrogen) atoms. The number of ether oxygens (including phenoxy) is 1. The zero-order valence-corrected chi connectivity index (χ0v) is 19.3. The molecular weight excluding hydrogens is 466 g/mol. The van der Waals surface area contributed by atoms with Crippen LogP contribution in [0.25, 0.3) is 0 Å². The fourth-order valence-electron chi connectivity index (χ4n) is 2.87. The minimum atomic E-state index is 0.837. The van der Waals surface area contributed by atoms with Gasteiger partial charge in [0.25, 0.3) is 0 Å². The first-order chi connectivity index (χ1) is 15.2. The van der Waals surface area contributed by atoms with Crippen LogP contribution in [0.1, 0.15) is 11.1 Å². The molecular formula is C27H20BrNOS. The van der Waals surface area contributed by atoms with Gasteiger partial charge in [0, 0.05) is 36.8 Å². The largest absolute Gasteiger partial charge is 0.497 e. The lowest BCUT2D eigenvalue weighted by atomic mass is 10.2. The molecule has 0 aliphatic heterocycles. The van der Waals surface area contributed by atoms with Crippen molar-refractivity contribution in [2.75, 3.05) is 12.4 Å². The standard InChI is InChI=1S/C27H20BrNOS/c1-30-25-14-4-20(5-15-25)2-3-21-6-16-26(17-7-21)31-27-18-12-24(13-19-27)29-23-10-8-22(28)9-11-23/h4-19,29H,1H3. The summed E-state index contributed by atoms with van der Waals surface area (Å²) in [6, 6.07) is 32.7. The van der Waals surface area contributed by atoms with Crippen LogP contribution < -0.4 is 10.1 Å². The lowest BCUT2D eigenvalue weighted by Crippen LogP contribution is -1.89. The first-order valence-electron chi connectivity index (χ1n) is 9.75. The number of nitrogens with one attached hydrogen (secondary N) is 1. The molecule has 0 atom stereocenters. The highest BCUT2D eigenvalue weighted by atomic mass is 79.9. The maximum absolute atomic E-state index is 5.18. The fraction of sp³-hybridized carbons (Fsp3) is 0.0370. The zero-order valence-electron chi connectivity index (χ0n) is 16.9. The normalized spacial score (nSPS) is 10.1. The number of hydrogen-bond acceptors (Lipinski definition) is 3. The first kappa shape index (κ1) is 21.1. The zero-order chi connectivity index (χ0) is 21.5. The monoisotopic (exact) mass is 485 g/mol. The van der Waals surface area contributed by atoms with Crippen molar-refractivity contribution in [1.82, 2.24) is 0 Å². The van der Waals surface area contributed by atoms with Crippen molar-refractivity contribution in [3.8, 4) is 17.6 Å². The van der Waals surface area contributed by atoms with E-state index in [1.165, 1.54) is 9.79 Å². The Bertz CT molecular complexity index is 1190. The molecule has 0 amide bonds. The summed E-state index contributed by atoms with van der Waals surface area (Å²) in [4.78, 5) is 2.38. The van der Waals surface area contributed by atoms with Gasteiger partial charge in [-0.25, -0.2) is 0 Å². The third-order valence-corrected chi connectivity index (χ3v) is 6.06. The molecule has 0 aliphatic rings. The molecule has 0 aromatic heterocycles. The van der Waals surface area contributed by atoms with Crippen molar-refractivity contribution >= 4 is 39.1 Å². The molecule has 4 aromatic rings. The number of benzene rings is 4. The summed E-state index contributed by atoms with van der Waals surface area (Å²) in [5.41, 5.74) is 4.09. The van der Waals surface area contributed by atoms with Gasteiger partial charge in [-0.3, -0.25) is 0 Å². The average molecular weight is 486 g/mol. The topological polar surface area (TPSA) is 21.3 Å². The van der Waals surface area contributed by atoms with Crippen LogP contribution in [0.2, 0.25) is 0 Å². The van der Waals surface area contributed by atoms with Gasteiger partial charge >= 0.3 is 0 Å². The van der Waals surface area contributed by atoms with E-state index in [-0.39, 0.29) is 0 Å². The predicted octanol–water partition coefficient (Wildman–Crippen LogP) is 7.75. The van der Waals surface area contributed by atoms with E-state index in [9.17, 15) is 0 Å². The number of anilines is 2. The molecule has 0 radical (unpaired) electrons. The Balaban J connectivity index is 1.36. The summed E-state index contributed by atoms with van der Waals surface area (Å²) in [6.07, 6.45) is 0. The van der Waals surface area contributed by atoms with Crippen molar-refractivity contribution in [3.63, 3.8) is 0 Å². The van der Waals surface area contributed by atoms with Crippen molar-refractivity contribution in [1.29, 1.82) is 0 Å². The highest BCUT2D eigenvalue weighted by Crippen LogP contribution is 2.29. The van der Waals surface area contributed by atoms with E-state index in [4.69, 9.17) is 4.74 Å². The van der Waals surface area contributed by atoms with Crippen LogP contribution in [0, 0.1) is 11.8 Å². The summed E-state index contributed by atoms with van der Waals surface area (Å²) in [7, 11) is 1.66. The smallest absolute Gasteiger partial charge is 0.118 e. The van der Waals surface area contributed by atoms with Crippen LogP contribution in [0.4, 0.5) is 11.4 Å². The molecule has 0 bridgehead atoms. The van der Waals surface area contributed by atoms with E-state index in [1.54, 1.807) is 18.9 Å². The Morgan fingerprint density at radius 1 is 0.645 bits per heavy atom. The van der Waals surface area contributed by atoms with E-state index in [2.05, 4.69) is 81.6 Å². The summed E-state index contributed by atoms with van der Waals surface area (Å²) < 4.78 is 6.25. The van der Waals surface area contributed by atoms with Gasteiger partial charge in [-0.1, -0.05) is 39.5 Å². The lowest BCUT2D eigenvalue weighted by Gasteiger charge is -2.08. The third kappa shape index (κ3) is 6.18. The van der Waals surface area contributed by atoms with E-state index < -0.39 is 0 Å². The maximum Gasteiger partial charge on any atom is 0.118 e. The second-order valence-corrected chi connectivity index (χ2v) is 8.82. The van der Waals surface area contributed by atoms with Gasteiger partial charge in [0.05, 0.1) is 7.11 Å². The molecule has 0 fully saturated rings. The minimum absolute atomic E-state index is 0.837. The van der Waals surface area contributed by atoms with Crippen LogP contribution in [0.15, 0.2) is 111 Å². The molecule has 1 N–H and O–H groups in total. The number of methoxy groups -OCH3 is 1. The van der Waals surface area contributed by atoms with Crippen molar-refractivity contribution in [3.05, 3.63) is 113 Å². The number of halogens is 1. The van der Waals surface area contributed by atoms with Crippen LogP contribution in [0.3, 0.4) is 0 Å². The fourth-order valence-corrected chi connectivity index (χ4v) is 3.95. The summed E-state index contributed by atoms with van der Waals surface area (Å²) in [5.74, 6) is 7.24. The molecule has 2 nitrogen and oxygen atoms in total. The second-order valence-electron chi connectivity index (χ2n) is 6.76. The van der Waals surface area contributed by atoms with Crippen LogP contribution >= 0.6 is 27.7 Å². The Kier molecular flexibility index (Phi) is 6.99. The van der Waals surface area contributed by atoms with Gasteiger partial charge in [0.2, 0.25) is 0 Å². The van der Waals surface area contributed by atoms with E-state index in [0.717, 1.165) is 32.7 Å². The summed E-state index contributed by atoms with van der Waals surface area (Å²) in [5, 5.41) is 3.41. The highest BCUT2D eigenvalue weighted by Gasteiger charge is 2.00. The van der Waals surface area contributed by atoms with Gasteiger partial charge in [0.15, 0.2) is 0 Å². The molecule has 0 spiro atoms. The Labute approximate surface area is 195 Å². The van der Waals surface area contributed by atoms with Crippen LogP contribution in [-0.2, 0) is 0 Å². The van der Waals surface area contributed by atoms with Crippen LogP contribution in [0.5, 0.6) is 5.75 Å². The molecule has 152 valence electrons.